The molecule has 0 spiro atoms. The van der Waals surface area contributed by atoms with Crippen LogP contribution in [0.15, 0.2) is 12.7 Å². The number of amides is 1. The first-order chi connectivity index (χ1) is 9.20. The van der Waals surface area contributed by atoms with Gasteiger partial charge in [0, 0.05) is 17.8 Å². The second kappa shape index (κ2) is 9.17. The number of carbonyl (C=O) groups excluding carboxylic acids is 1. The van der Waals surface area contributed by atoms with Crippen molar-refractivity contribution in [1.29, 1.82) is 0 Å². The van der Waals surface area contributed by atoms with Crippen LogP contribution in [0.4, 0.5) is 0 Å². The predicted octanol–water partition coefficient (Wildman–Crippen LogP) is 3.07. The second-order valence-electron chi connectivity index (χ2n) is 7.29. The van der Waals surface area contributed by atoms with Crippen molar-refractivity contribution in [3.05, 3.63) is 12.7 Å². The molecule has 1 N–H and O–H groups in total. The first-order valence-corrected chi connectivity index (χ1v) is 7.96. The van der Waals surface area contributed by atoms with Crippen molar-refractivity contribution in [2.24, 2.45) is 17.8 Å². The summed E-state index contributed by atoms with van der Waals surface area (Å²) < 4.78 is 1.10. The summed E-state index contributed by atoms with van der Waals surface area (Å²) in [7, 11) is 0. The van der Waals surface area contributed by atoms with E-state index in [0.717, 1.165) is 17.6 Å². The Morgan fingerprint density at radius 2 is 1.40 bits per heavy atom. The molecule has 118 valence electrons. The van der Waals surface area contributed by atoms with Gasteiger partial charge >= 0.3 is 0 Å². The molecule has 0 bridgehead atoms. The van der Waals surface area contributed by atoms with E-state index in [9.17, 15) is 4.79 Å². The Balaban J connectivity index is 4.85. The molecule has 0 aliphatic heterocycles. The smallest absolute Gasteiger partial charge is 0.243 e. The molecule has 0 aromatic carbocycles. The number of nitrogens with one attached hydrogen (secondary N) is 1. The van der Waals surface area contributed by atoms with Gasteiger partial charge in [-0.3, -0.25) is 4.79 Å². The Hall–Kier alpha value is -0.830. The third kappa shape index (κ3) is 8.36. The quantitative estimate of drug-likeness (QED) is 0.484. The fourth-order valence-corrected chi connectivity index (χ4v) is 3.31. The van der Waals surface area contributed by atoms with Gasteiger partial charge in [0.25, 0.3) is 0 Å². The van der Waals surface area contributed by atoms with Gasteiger partial charge in [-0.1, -0.05) is 48.1 Å². The van der Waals surface area contributed by atoms with E-state index in [1.54, 1.807) is 0 Å². The number of hydrogen-bond donors (Lipinski definition) is 1. The maximum absolute atomic E-state index is 11.3. The first-order valence-electron chi connectivity index (χ1n) is 7.96. The summed E-state index contributed by atoms with van der Waals surface area (Å²) in [4.78, 5) is 11.3. The lowest BCUT2D eigenvalue weighted by Gasteiger charge is -2.42. The van der Waals surface area contributed by atoms with E-state index in [1.165, 1.54) is 25.7 Å². The van der Waals surface area contributed by atoms with E-state index in [-0.39, 0.29) is 5.91 Å². The summed E-state index contributed by atoms with van der Waals surface area (Å²) >= 11 is 0. The number of hydrogen-bond acceptors (Lipinski definition) is 1. The van der Waals surface area contributed by atoms with Gasteiger partial charge < -0.3 is 9.80 Å². The van der Waals surface area contributed by atoms with Crippen molar-refractivity contribution in [1.82, 2.24) is 5.32 Å². The third-order valence-electron chi connectivity index (χ3n) is 3.33. The fourth-order valence-electron chi connectivity index (χ4n) is 3.31. The molecule has 0 radical (unpaired) electrons. The topological polar surface area (TPSA) is 29.1 Å². The Bertz CT molecular complexity index is 269. The van der Waals surface area contributed by atoms with Crippen LogP contribution >= 0.6 is 0 Å². The lowest BCUT2D eigenvalue weighted by atomic mass is 10.0. The number of quaternary nitrogens is 1. The molecule has 0 heterocycles. The SMILES string of the molecule is C=CC(=O)NCC[N+](CC(C)C)(CC(C)C)CC(C)C. The van der Waals surface area contributed by atoms with Crippen LogP contribution in [0.3, 0.4) is 0 Å². The summed E-state index contributed by atoms with van der Waals surface area (Å²) in [6.07, 6.45) is 1.35. The summed E-state index contributed by atoms with van der Waals surface area (Å²) in [5, 5.41) is 2.93. The van der Waals surface area contributed by atoms with Crippen molar-refractivity contribution >= 4 is 5.91 Å². The van der Waals surface area contributed by atoms with E-state index >= 15 is 0 Å². The fraction of sp³-hybridized carbons (Fsp3) is 0.824. The number of nitrogens with zero attached hydrogens (tertiary/aromatic N) is 1. The van der Waals surface area contributed by atoms with Crippen molar-refractivity contribution in [2.45, 2.75) is 41.5 Å². The van der Waals surface area contributed by atoms with Crippen LogP contribution in [0, 0.1) is 17.8 Å². The molecule has 0 saturated carbocycles. The van der Waals surface area contributed by atoms with Crippen LogP contribution in [-0.2, 0) is 4.79 Å². The zero-order valence-corrected chi connectivity index (χ0v) is 14.4. The molecular weight excluding hydrogens is 248 g/mol. The minimum atomic E-state index is -0.0678. The Kier molecular flexibility index (Phi) is 8.79. The minimum absolute atomic E-state index is 0.0678. The third-order valence-corrected chi connectivity index (χ3v) is 3.33. The number of rotatable bonds is 10. The highest BCUT2D eigenvalue weighted by Gasteiger charge is 2.30. The Morgan fingerprint density at radius 3 is 1.70 bits per heavy atom. The van der Waals surface area contributed by atoms with E-state index < -0.39 is 0 Å². The summed E-state index contributed by atoms with van der Waals surface area (Å²) in [5.74, 6) is 1.94. The van der Waals surface area contributed by atoms with Gasteiger partial charge in [0.1, 0.15) is 0 Å². The second-order valence-corrected chi connectivity index (χ2v) is 7.29. The molecule has 0 unspecified atom stereocenters. The van der Waals surface area contributed by atoms with Crippen LogP contribution in [0.25, 0.3) is 0 Å². The van der Waals surface area contributed by atoms with Gasteiger partial charge in [-0.2, -0.15) is 0 Å². The van der Waals surface area contributed by atoms with Gasteiger partial charge in [-0.15, -0.1) is 0 Å². The van der Waals surface area contributed by atoms with E-state index in [0.29, 0.717) is 17.8 Å². The predicted molar refractivity (Wildman–Crippen MR) is 87.4 cm³/mol. The van der Waals surface area contributed by atoms with E-state index in [2.05, 4.69) is 53.4 Å². The maximum atomic E-state index is 11.3. The molecule has 0 aromatic rings. The molecule has 0 aliphatic rings. The normalized spacial score (nSPS) is 12.2. The van der Waals surface area contributed by atoms with Gasteiger partial charge in [-0.25, -0.2) is 0 Å². The summed E-state index contributed by atoms with van der Waals surface area (Å²) in [5.41, 5.74) is 0. The van der Waals surface area contributed by atoms with E-state index in [4.69, 9.17) is 0 Å². The molecule has 3 nitrogen and oxygen atoms in total. The van der Waals surface area contributed by atoms with Crippen molar-refractivity contribution < 1.29 is 9.28 Å². The Labute approximate surface area is 126 Å². The molecule has 0 aromatic heterocycles. The monoisotopic (exact) mass is 283 g/mol. The van der Waals surface area contributed by atoms with Gasteiger partial charge in [-0.05, 0) is 6.08 Å². The molecule has 0 fully saturated rings. The van der Waals surface area contributed by atoms with Gasteiger partial charge in [0.05, 0.1) is 32.7 Å². The highest BCUT2D eigenvalue weighted by molar-refractivity contribution is 5.86. The Morgan fingerprint density at radius 1 is 1.00 bits per heavy atom. The van der Waals surface area contributed by atoms with Gasteiger partial charge in [0.2, 0.25) is 5.91 Å². The standard InChI is InChI=1S/C17H34N2O/c1-8-17(20)18-9-10-19(11-14(2)3,12-15(4)5)13-16(6)7/h8,14-16H,1,9-13H2,2-7H3/p+1. The van der Waals surface area contributed by atoms with Crippen molar-refractivity contribution in [3.8, 4) is 0 Å². The molecule has 0 aliphatic carbocycles. The molecular formula is C17H35N2O+. The first kappa shape index (κ1) is 19.2. The lowest BCUT2D eigenvalue weighted by molar-refractivity contribution is -0.935. The molecule has 0 atom stereocenters. The lowest BCUT2D eigenvalue weighted by Crippen LogP contribution is -2.57. The van der Waals surface area contributed by atoms with Crippen LogP contribution in [-0.4, -0.2) is 43.1 Å². The molecule has 1 amide bonds. The average Bonchev–Trinajstić information content (AvgIpc) is 2.25. The van der Waals surface area contributed by atoms with E-state index in [1.807, 2.05) is 0 Å². The van der Waals surface area contributed by atoms with Crippen molar-refractivity contribution in [2.75, 3.05) is 32.7 Å². The van der Waals surface area contributed by atoms with Crippen LogP contribution in [0.1, 0.15) is 41.5 Å². The molecule has 0 rings (SSSR count). The van der Waals surface area contributed by atoms with Gasteiger partial charge in [0.15, 0.2) is 0 Å². The maximum Gasteiger partial charge on any atom is 0.243 e. The highest BCUT2D eigenvalue weighted by Crippen LogP contribution is 2.18. The van der Waals surface area contributed by atoms with Crippen molar-refractivity contribution in [3.63, 3.8) is 0 Å². The highest BCUT2D eigenvalue weighted by atomic mass is 16.1. The average molecular weight is 283 g/mol. The largest absolute Gasteiger partial charge is 0.347 e. The zero-order valence-electron chi connectivity index (χ0n) is 14.4. The summed E-state index contributed by atoms with van der Waals surface area (Å²) in [6, 6.07) is 0. The molecule has 20 heavy (non-hydrogen) atoms. The van der Waals surface area contributed by atoms with Crippen LogP contribution < -0.4 is 5.32 Å². The van der Waals surface area contributed by atoms with Crippen LogP contribution in [0.2, 0.25) is 0 Å². The summed E-state index contributed by atoms with van der Waals surface area (Å²) in [6.45, 7) is 22.5. The molecule has 0 saturated heterocycles. The number of carbonyl (C=O) groups is 1. The molecule has 3 heteroatoms. The zero-order chi connectivity index (χ0) is 15.8. The minimum Gasteiger partial charge on any atom is -0.347 e. The van der Waals surface area contributed by atoms with Crippen LogP contribution in [0.5, 0.6) is 0 Å².